The lowest BCUT2D eigenvalue weighted by Crippen LogP contribution is -2.24. The van der Waals surface area contributed by atoms with Crippen LogP contribution in [0.5, 0.6) is 0 Å². The van der Waals surface area contributed by atoms with E-state index < -0.39 is 0 Å². The predicted molar refractivity (Wildman–Crippen MR) is 128 cm³/mol. The van der Waals surface area contributed by atoms with Crippen LogP contribution in [0.4, 0.5) is 0 Å². The van der Waals surface area contributed by atoms with E-state index in [1.54, 1.807) is 0 Å². The van der Waals surface area contributed by atoms with Crippen LogP contribution in [0.3, 0.4) is 0 Å². The van der Waals surface area contributed by atoms with Crippen LogP contribution in [-0.4, -0.2) is 77.8 Å². The molecule has 1 rings (SSSR count). The van der Waals surface area contributed by atoms with Crippen LogP contribution in [0.15, 0.2) is 24.3 Å². The normalized spacial score (nSPS) is 12.4. The summed E-state index contributed by atoms with van der Waals surface area (Å²) in [6, 6.07) is 8.98. The van der Waals surface area contributed by atoms with Crippen molar-refractivity contribution >= 4 is 0 Å². The molecule has 0 fully saturated rings. The molecule has 6 heteroatoms. The van der Waals surface area contributed by atoms with E-state index in [0.717, 1.165) is 12.8 Å². The first-order chi connectivity index (χ1) is 15.2. The highest BCUT2D eigenvalue weighted by molar-refractivity contribution is 5.28. The lowest BCUT2D eigenvalue weighted by atomic mass is 9.72. The summed E-state index contributed by atoms with van der Waals surface area (Å²) in [7, 11) is 0. The van der Waals surface area contributed by atoms with E-state index in [1.165, 1.54) is 11.1 Å². The monoisotopic (exact) mass is 454 g/mol. The van der Waals surface area contributed by atoms with Gasteiger partial charge in [-0.1, -0.05) is 58.9 Å². The molecule has 0 aliphatic rings. The molecule has 0 bridgehead atoms. The first kappa shape index (κ1) is 29.0. The summed E-state index contributed by atoms with van der Waals surface area (Å²) in [4.78, 5) is 0. The topological polar surface area (TPSA) is 66.4 Å². The summed E-state index contributed by atoms with van der Waals surface area (Å²) >= 11 is 0. The van der Waals surface area contributed by atoms with E-state index in [4.69, 9.17) is 28.8 Å². The first-order valence-electron chi connectivity index (χ1n) is 11.8. The van der Waals surface area contributed by atoms with Gasteiger partial charge in [-0.05, 0) is 34.8 Å². The van der Waals surface area contributed by atoms with Gasteiger partial charge in [0.05, 0.1) is 72.7 Å². The Bertz CT molecular complexity index is 565. The van der Waals surface area contributed by atoms with E-state index in [9.17, 15) is 0 Å². The Kier molecular flexibility index (Phi) is 15.0. The van der Waals surface area contributed by atoms with Gasteiger partial charge in [-0.3, -0.25) is 0 Å². The molecule has 0 radical (unpaired) electrons. The van der Waals surface area contributed by atoms with Gasteiger partial charge in [0, 0.05) is 0 Å². The molecule has 0 heterocycles. The SMILES string of the molecule is CC(C)(C)CC(C)(C)c1ccc(CCOCCOCCOCCOCCOCCO)cc1. The van der Waals surface area contributed by atoms with E-state index in [2.05, 4.69) is 58.9 Å². The van der Waals surface area contributed by atoms with Crippen molar-refractivity contribution in [2.75, 3.05) is 72.7 Å². The van der Waals surface area contributed by atoms with Crippen molar-refractivity contribution in [3.8, 4) is 0 Å². The highest BCUT2D eigenvalue weighted by Gasteiger charge is 2.26. The number of hydrogen-bond donors (Lipinski definition) is 1. The van der Waals surface area contributed by atoms with Crippen LogP contribution in [-0.2, 0) is 35.5 Å². The maximum Gasteiger partial charge on any atom is 0.0701 e. The Hall–Kier alpha value is -1.02. The zero-order valence-corrected chi connectivity index (χ0v) is 21.0. The van der Waals surface area contributed by atoms with Crippen LogP contribution in [0.2, 0.25) is 0 Å². The summed E-state index contributed by atoms with van der Waals surface area (Å²) in [5.41, 5.74) is 3.19. The zero-order chi connectivity index (χ0) is 23.7. The molecule has 0 saturated heterocycles. The molecule has 0 spiro atoms. The Morgan fingerprint density at radius 2 is 1.00 bits per heavy atom. The van der Waals surface area contributed by atoms with Crippen LogP contribution < -0.4 is 0 Å². The van der Waals surface area contributed by atoms with Crippen molar-refractivity contribution < 1.29 is 28.8 Å². The van der Waals surface area contributed by atoms with Gasteiger partial charge < -0.3 is 28.8 Å². The number of ether oxygens (including phenoxy) is 5. The minimum absolute atomic E-state index is 0.0403. The Balaban J connectivity index is 1.98. The van der Waals surface area contributed by atoms with Crippen molar-refractivity contribution in [1.29, 1.82) is 0 Å². The fourth-order valence-electron chi connectivity index (χ4n) is 3.79. The summed E-state index contributed by atoms with van der Waals surface area (Å²) in [6.45, 7) is 17.0. The van der Waals surface area contributed by atoms with Crippen molar-refractivity contribution in [2.24, 2.45) is 5.41 Å². The molecule has 0 aromatic heterocycles. The molecule has 0 amide bonds. The lowest BCUT2D eigenvalue weighted by Gasteiger charge is -2.33. The highest BCUT2D eigenvalue weighted by Crippen LogP contribution is 2.36. The molecule has 1 aromatic rings. The van der Waals surface area contributed by atoms with Crippen LogP contribution in [0.1, 0.15) is 52.2 Å². The fraction of sp³-hybridized carbons (Fsp3) is 0.769. The van der Waals surface area contributed by atoms with Crippen LogP contribution in [0, 0.1) is 5.41 Å². The fourth-order valence-corrected chi connectivity index (χ4v) is 3.79. The predicted octanol–water partition coefficient (Wildman–Crippen LogP) is 4.02. The van der Waals surface area contributed by atoms with Gasteiger partial charge in [0.2, 0.25) is 0 Å². The summed E-state index contributed by atoms with van der Waals surface area (Å²) in [5, 5.41) is 8.57. The third kappa shape index (κ3) is 14.9. The summed E-state index contributed by atoms with van der Waals surface area (Å²) < 4.78 is 27.1. The Morgan fingerprint density at radius 3 is 1.41 bits per heavy atom. The van der Waals surface area contributed by atoms with Crippen molar-refractivity contribution in [1.82, 2.24) is 0 Å². The van der Waals surface area contributed by atoms with Crippen LogP contribution in [0.25, 0.3) is 0 Å². The molecule has 1 aromatic carbocycles. The molecule has 0 unspecified atom stereocenters. The van der Waals surface area contributed by atoms with Crippen LogP contribution >= 0.6 is 0 Å². The lowest BCUT2D eigenvalue weighted by molar-refractivity contribution is -0.0130. The standard InChI is InChI=1S/C26H46O6/c1-25(2,3)22-26(4,5)24-8-6-23(7-9-24)10-12-28-14-16-30-18-20-32-21-19-31-17-15-29-13-11-27/h6-9,27H,10-22H2,1-5H3. The average molecular weight is 455 g/mol. The molecule has 0 atom stereocenters. The number of benzene rings is 1. The van der Waals surface area contributed by atoms with Gasteiger partial charge in [0.15, 0.2) is 0 Å². The largest absolute Gasteiger partial charge is 0.394 e. The van der Waals surface area contributed by atoms with Gasteiger partial charge in [0.1, 0.15) is 0 Å². The smallest absolute Gasteiger partial charge is 0.0701 e. The van der Waals surface area contributed by atoms with Gasteiger partial charge in [-0.2, -0.15) is 0 Å². The van der Waals surface area contributed by atoms with Gasteiger partial charge in [-0.15, -0.1) is 0 Å². The quantitative estimate of drug-likeness (QED) is 0.319. The number of aliphatic hydroxyl groups is 1. The number of rotatable bonds is 19. The van der Waals surface area contributed by atoms with E-state index >= 15 is 0 Å². The summed E-state index contributed by atoms with van der Waals surface area (Å²) in [5.74, 6) is 0. The van der Waals surface area contributed by atoms with E-state index in [0.29, 0.717) is 71.5 Å². The molecule has 6 nitrogen and oxygen atoms in total. The van der Waals surface area contributed by atoms with E-state index in [-0.39, 0.29) is 12.0 Å². The Morgan fingerprint density at radius 1 is 0.594 bits per heavy atom. The van der Waals surface area contributed by atoms with Gasteiger partial charge in [-0.25, -0.2) is 0 Å². The molecule has 186 valence electrons. The second kappa shape index (κ2) is 16.6. The molecule has 32 heavy (non-hydrogen) atoms. The minimum Gasteiger partial charge on any atom is -0.394 e. The second-order valence-corrected chi connectivity index (χ2v) is 9.85. The molecule has 1 N–H and O–H groups in total. The first-order valence-corrected chi connectivity index (χ1v) is 11.8. The van der Waals surface area contributed by atoms with Gasteiger partial charge in [0.25, 0.3) is 0 Å². The molecular formula is C26H46O6. The minimum atomic E-state index is 0.0403. The molecule has 0 aliphatic heterocycles. The number of hydrogen-bond acceptors (Lipinski definition) is 6. The molecule has 0 aliphatic carbocycles. The van der Waals surface area contributed by atoms with Crippen molar-refractivity contribution in [2.45, 2.75) is 52.9 Å². The van der Waals surface area contributed by atoms with E-state index in [1.807, 2.05) is 0 Å². The Labute approximate surface area is 195 Å². The molecular weight excluding hydrogens is 408 g/mol. The highest BCUT2D eigenvalue weighted by atomic mass is 16.6. The number of aliphatic hydroxyl groups excluding tert-OH is 1. The molecule has 0 saturated carbocycles. The summed E-state index contributed by atoms with van der Waals surface area (Å²) in [6.07, 6.45) is 2.07. The van der Waals surface area contributed by atoms with Crippen molar-refractivity contribution in [3.63, 3.8) is 0 Å². The third-order valence-corrected chi connectivity index (χ3v) is 4.97. The van der Waals surface area contributed by atoms with Gasteiger partial charge >= 0.3 is 0 Å². The van der Waals surface area contributed by atoms with Crippen molar-refractivity contribution in [3.05, 3.63) is 35.4 Å². The zero-order valence-electron chi connectivity index (χ0n) is 21.0. The second-order valence-electron chi connectivity index (χ2n) is 9.85. The average Bonchev–Trinajstić information content (AvgIpc) is 2.72. The maximum absolute atomic E-state index is 8.57. The third-order valence-electron chi connectivity index (χ3n) is 4.97. The maximum atomic E-state index is 8.57.